The molecule has 3 nitrogen and oxygen atoms in total. The highest BCUT2D eigenvalue weighted by Gasteiger charge is 2.05. The van der Waals surface area contributed by atoms with Gasteiger partial charge >= 0.3 is 0 Å². The number of rotatable bonds is 8. The summed E-state index contributed by atoms with van der Waals surface area (Å²) in [4.78, 5) is 11.5. The topological polar surface area (TPSA) is 39.4 Å². The first-order chi connectivity index (χ1) is 7.72. The second-order valence-electron chi connectivity index (χ2n) is 3.59. The third kappa shape index (κ3) is 4.82. The largest absolute Gasteiger partial charge is 0.499 e. The van der Waals surface area contributed by atoms with Crippen LogP contribution in [0, 0.1) is 0 Å². The monoisotopic (exact) mass is 222 g/mol. The smallest absolute Gasteiger partial charge is 0.133 e. The Labute approximate surface area is 96.1 Å². The van der Waals surface area contributed by atoms with E-state index in [1.165, 1.54) is 0 Å². The normalized spacial score (nSPS) is 10.1. The third-order valence-corrected chi connectivity index (χ3v) is 2.26. The average molecular weight is 222 g/mol. The lowest BCUT2D eigenvalue weighted by molar-refractivity contribution is -0.119. The van der Waals surface area contributed by atoms with E-state index in [9.17, 15) is 4.79 Å². The minimum atomic E-state index is 0.220. The summed E-state index contributed by atoms with van der Waals surface area (Å²) < 4.78 is 10.3. The molecule has 0 amide bonds. The van der Waals surface area contributed by atoms with Crippen LogP contribution in [0.2, 0.25) is 0 Å². The molecule has 0 radical (unpaired) electrons. The number of hydrogen-bond acceptors (Lipinski definition) is 3. The van der Waals surface area contributed by atoms with Gasteiger partial charge in [0.15, 0.2) is 0 Å². The number of ketones is 1. The van der Waals surface area contributed by atoms with Gasteiger partial charge in [0.2, 0.25) is 0 Å². The molecule has 0 aliphatic carbocycles. The van der Waals surface area contributed by atoms with Crippen LogP contribution in [0.5, 0.6) is 0 Å². The Morgan fingerprint density at radius 1 is 1.44 bits per heavy atom. The van der Waals surface area contributed by atoms with Crippen LogP contribution in [0.4, 0.5) is 0 Å². The quantitative estimate of drug-likeness (QED) is 0.634. The lowest BCUT2D eigenvalue weighted by Crippen LogP contribution is -2.01. The molecule has 0 aromatic carbocycles. The number of aryl methyl sites for hydroxylation is 1. The summed E-state index contributed by atoms with van der Waals surface area (Å²) in [6.45, 7) is 6.25. The zero-order valence-corrected chi connectivity index (χ0v) is 9.70. The van der Waals surface area contributed by atoms with E-state index in [2.05, 4.69) is 6.58 Å². The highest BCUT2D eigenvalue weighted by Crippen LogP contribution is 2.09. The van der Waals surface area contributed by atoms with Gasteiger partial charge in [0.25, 0.3) is 0 Å². The Kier molecular flexibility index (Phi) is 5.40. The van der Waals surface area contributed by atoms with Crippen LogP contribution in [0.3, 0.4) is 0 Å². The molecule has 16 heavy (non-hydrogen) atoms. The van der Waals surface area contributed by atoms with Crippen molar-refractivity contribution in [1.82, 2.24) is 0 Å². The molecular weight excluding hydrogens is 204 g/mol. The van der Waals surface area contributed by atoms with Crippen molar-refractivity contribution >= 4 is 5.78 Å². The van der Waals surface area contributed by atoms with Gasteiger partial charge in [-0.15, -0.1) is 0 Å². The van der Waals surface area contributed by atoms with Crippen molar-refractivity contribution in [2.75, 3.05) is 6.61 Å². The molecule has 0 aliphatic heterocycles. The highest BCUT2D eigenvalue weighted by atomic mass is 16.5. The summed E-state index contributed by atoms with van der Waals surface area (Å²) in [7, 11) is 0. The van der Waals surface area contributed by atoms with Crippen molar-refractivity contribution in [3.63, 3.8) is 0 Å². The van der Waals surface area contributed by atoms with Crippen LogP contribution in [-0.2, 0) is 16.0 Å². The van der Waals surface area contributed by atoms with Gasteiger partial charge in [0.05, 0.1) is 18.6 Å². The maximum absolute atomic E-state index is 11.5. The van der Waals surface area contributed by atoms with Crippen LogP contribution >= 0.6 is 0 Å². The molecular formula is C13H18O3. The first-order valence-electron chi connectivity index (χ1n) is 5.57. The van der Waals surface area contributed by atoms with Crippen LogP contribution in [0.15, 0.2) is 35.2 Å². The van der Waals surface area contributed by atoms with E-state index < -0.39 is 0 Å². The van der Waals surface area contributed by atoms with Crippen molar-refractivity contribution in [3.8, 4) is 0 Å². The fourth-order valence-electron chi connectivity index (χ4n) is 1.40. The summed E-state index contributed by atoms with van der Waals surface area (Å²) in [5, 5.41) is 0. The molecule has 0 N–H and O–H groups in total. The predicted octanol–water partition coefficient (Wildman–Crippen LogP) is 3.11. The van der Waals surface area contributed by atoms with E-state index in [-0.39, 0.29) is 5.78 Å². The SMILES string of the molecule is C=C(CCC(=O)CCc1ccco1)OCC. The molecule has 0 saturated carbocycles. The number of hydrogen-bond donors (Lipinski definition) is 0. The molecule has 0 fully saturated rings. The molecule has 0 bridgehead atoms. The summed E-state index contributed by atoms with van der Waals surface area (Å²) >= 11 is 0. The van der Waals surface area contributed by atoms with Gasteiger partial charge in [0.1, 0.15) is 11.5 Å². The molecule has 0 atom stereocenters. The molecule has 1 heterocycles. The number of carbonyl (C=O) groups excluding carboxylic acids is 1. The van der Waals surface area contributed by atoms with Crippen LogP contribution in [0.25, 0.3) is 0 Å². The summed E-state index contributed by atoms with van der Waals surface area (Å²) in [6, 6.07) is 3.71. The minimum Gasteiger partial charge on any atom is -0.499 e. The van der Waals surface area contributed by atoms with Gasteiger partial charge in [-0.3, -0.25) is 4.79 Å². The Bertz CT molecular complexity index is 325. The summed E-state index contributed by atoms with van der Waals surface area (Å²) in [5.74, 6) is 1.77. The van der Waals surface area contributed by atoms with Crippen molar-refractivity contribution < 1.29 is 13.9 Å². The van der Waals surface area contributed by atoms with Crippen molar-refractivity contribution in [1.29, 1.82) is 0 Å². The van der Waals surface area contributed by atoms with E-state index in [0.29, 0.717) is 38.0 Å². The standard InChI is InChI=1S/C13H18O3/c1-3-15-11(2)6-7-12(14)8-9-13-5-4-10-16-13/h4-5,10H,2-3,6-9H2,1H3. The number of allylic oxidation sites excluding steroid dienone is 1. The molecule has 1 aromatic heterocycles. The molecule has 0 aliphatic rings. The molecule has 1 aromatic rings. The molecule has 0 unspecified atom stereocenters. The van der Waals surface area contributed by atoms with Gasteiger partial charge in [-0.2, -0.15) is 0 Å². The van der Waals surface area contributed by atoms with Gasteiger partial charge < -0.3 is 9.15 Å². The van der Waals surface area contributed by atoms with Gasteiger partial charge in [-0.25, -0.2) is 0 Å². The molecule has 3 heteroatoms. The Hall–Kier alpha value is -1.51. The van der Waals surface area contributed by atoms with E-state index in [4.69, 9.17) is 9.15 Å². The molecule has 88 valence electrons. The van der Waals surface area contributed by atoms with E-state index in [1.807, 2.05) is 19.1 Å². The molecule has 0 saturated heterocycles. The zero-order chi connectivity index (χ0) is 11.8. The molecule has 0 spiro atoms. The average Bonchev–Trinajstić information content (AvgIpc) is 2.77. The van der Waals surface area contributed by atoms with E-state index >= 15 is 0 Å². The maximum atomic E-state index is 11.5. The fraction of sp³-hybridized carbons (Fsp3) is 0.462. The zero-order valence-electron chi connectivity index (χ0n) is 9.70. The van der Waals surface area contributed by atoms with Gasteiger partial charge in [-0.1, -0.05) is 6.58 Å². The second-order valence-corrected chi connectivity index (χ2v) is 3.59. The minimum absolute atomic E-state index is 0.220. The second kappa shape index (κ2) is 6.88. The summed E-state index contributed by atoms with van der Waals surface area (Å²) in [6.07, 6.45) is 3.93. The van der Waals surface area contributed by atoms with E-state index in [1.54, 1.807) is 6.26 Å². The Balaban J connectivity index is 2.14. The lowest BCUT2D eigenvalue weighted by Gasteiger charge is -2.05. The number of furan rings is 1. The Morgan fingerprint density at radius 3 is 2.88 bits per heavy atom. The molecule has 1 rings (SSSR count). The van der Waals surface area contributed by atoms with Crippen LogP contribution < -0.4 is 0 Å². The Morgan fingerprint density at radius 2 is 2.25 bits per heavy atom. The predicted molar refractivity (Wildman–Crippen MR) is 62.0 cm³/mol. The van der Waals surface area contributed by atoms with Crippen molar-refractivity contribution in [2.45, 2.75) is 32.6 Å². The highest BCUT2D eigenvalue weighted by molar-refractivity contribution is 5.78. The fourth-order valence-corrected chi connectivity index (χ4v) is 1.40. The summed E-state index contributed by atoms with van der Waals surface area (Å²) in [5.41, 5.74) is 0. The lowest BCUT2D eigenvalue weighted by atomic mass is 10.1. The number of ether oxygens (including phenoxy) is 1. The first-order valence-corrected chi connectivity index (χ1v) is 5.57. The van der Waals surface area contributed by atoms with Crippen LogP contribution in [-0.4, -0.2) is 12.4 Å². The third-order valence-electron chi connectivity index (χ3n) is 2.26. The van der Waals surface area contributed by atoms with E-state index in [0.717, 1.165) is 5.76 Å². The van der Waals surface area contributed by atoms with Crippen LogP contribution in [0.1, 0.15) is 31.9 Å². The van der Waals surface area contributed by atoms with Crippen molar-refractivity contribution in [3.05, 3.63) is 36.5 Å². The van der Waals surface area contributed by atoms with Gasteiger partial charge in [0, 0.05) is 25.7 Å². The number of carbonyl (C=O) groups is 1. The van der Waals surface area contributed by atoms with Crippen molar-refractivity contribution in [2.24, 2.45) is 0 Å². The number of Topliss-reactive ketones (excluding diaryl/α,β-unsaturated/α-hetero) is 1. The van der Waals surface area contributed by atoms with Gasteiger partial charge in [-0.05, 0) is 19.1 Å². The first kappa shape index (κ1) is 12.6. The maximum Gasteiger partial charge on any atom is 0.133 e.